The summed E-state index contributed by atoms with van der Waals surface area (Å²) in [5, 5.41) is 11.4. The van der Waals surface area contributed by atoms with E-state index in [2.05, 4.69) is 14.7 Å². The van der Waals surface area contributed by atoms with Crippen LogP contribution in [-0.4, -0.2) is 29.2 Å². The number of nitrogens with two attached hydrogens (primary N) is 1. The molecule has 1 aliphatic heterocycles. The summed E-state index contributed by atoms with van der Waals surface area (Å²) in [6.07, 6.45) is 3.25. The van der Waals surface area contributed by atoms with Gasteiger partial charge in [-0.1, -0.05) is 24.3 Å². The molecule has 2 heterocycles. The van der Waals surface area contributed by atoms with Gasteiger partial charge in [0.25, 0.3) is 0 Å². The van der Waals surface area contributed by atoms with E-state index in [4.69, 9.17) is 12.3 Å². The maximum Gasteiger partial charge on any atom is 0.228 e. The molecule has 34 heavy (non-hydrogen) atoms. The quantitative estimate of drug-likeness (QED) is 0.370. The van der Waals surface area contributed by atoms with Crippen molar-refractivity contribution in [2.24, 2.45) is 5.73 Å². The van der Waals surface area contributed by atoms with Crippen molar-refractivity contribution in [1.29, 1.82) is 0 Å². The molecule has 0 bridgehead atoms. The third-order valence-electron chi connectivity index (χ3n) is 6.32. The number of hydrogen-bond acceptors (Lipinski definition) is 4. The van der Waals surface area contributed by atoms with E-state index >= 15 is 0 Å². The molecule has 5 rings (SSSR count). The summed E-state index contributed by atoms with van der Waals surface area (Å²) in [6, 6.07) is 14.2. The van der Waals surface area contributed by atoms with Gasteiger partial charge in [-0.25, -0.2) is 13.6 Å². The average Bonchev–Trinajstić information content (AvgIpc) is 2.83. The fourth-order valence-corrected chi connectivity index (χ4v) is 4.58. The lowest BCUT2D eigenvalue weighted by molar-refractivity contribution is 0.480. The van der Waals surface area contributed by atoms with Gasteiger partial charge < -0.3 is 15.7 Å². The third-order valence-corrected chi connectivity index (χ3v) is 6.32. The van der Waals surface area contributed by atoms with E-state index in [-0.39, 0.29) is 17.5 Å². The third kappa shape index (κ3) is 3.93. The van der Waals surface area contributed by atoms with Gasteiger partial charge in [-0.15, -0.1) is 0 Å². The number of pyridine rings is 1. The Labute approximate surface area is 195 Å². The molecule has 0 unspecified atom stereocenters. The van der Waals surface area contributed by atoms with Crippen LogP contribution in [-0.2, 0) is 0 Å². The minimum absolute atomic E-state index is 0.0846. The van der Waals surface area contributed by atoms with Gasteiger partial charge in [-0.05, 0) is 48.2 Å². The topological polar surface area (TPSA) is 66.7 Å². The summed E-state index contributed by atoms with van der Waals surface area (Å²) in [5.74, 6) is -1.40. The second-order valence-electron chi connectivity index (χ2n) is 8.52. The lowest BCUT2D eigenvalue weighted by Gasteiger charge is -2.34. The molecule has 3 aromatic carbocycles. The number of nitrogens with zero attached hydrogens (tertiary/aromatic N) is 3. The summed E-state index contributed by atoms with van der Waals surface area (Å²) in [4.78, 5) is 10.1. The molecule has 0 radical (unpaired) electrons. The summed E-state index contributed by atoms with van der Waals surface area (Å²) >= 11 is 0. The number of benzene rings is 3. The van der Waals surface area contributed by atoms with Gasteiger partial charge in [-0.3, -0.25) is 4.98 Å². The van der Waals surface area contributed by atoms with Crippen LogP contribution in [0.5, 0.6) is 5.75 Å². The van der Waals surface area contributed by atoms with E-state index < -0.39 is 11.6 Å². The second kappa shape index (κ2) is 8.73. The zero-order chi connectivity index (χ0) is 23.8. The van der Waals surface area contributed by atoms with Crippen LogP contribution in [0.2, 0.25) is 0 Å². The Bertz CT molecular complexity index is 1420. The molecule has 4 aromatic rings. The molecule has 1 aromatic heterocycles. The van der Waals surface area contributed by atoms with Crippen LogP contribution < -0.4 is 10.6 Å². The van der Waals surface area contributed by atoms with E-state index in [9.17, 15) is 13.9 Å². The highest BCUT2D eigenvalue weighted by Gasteiger charge is 2.23. The highest BCUT2D eigenvalue weighted by Crippen LogP contribution is 2.42. The van der Waals surface area contributed by atoms with Crippen molar-refractivity contribution in [1.82, 2.24) is 4.98 Å². The number of rotatable bonds is 3. The summed E-state index contributed by atoms with van der Waals surface area (Å²) in [5.41, 5.74) is 10.1. The molecule has 0 saturated carbocycles. The molecule has 0 aliphatic carbocycles. The molecular formula is C27H22F2N4O. The number of phenols is 1. The predicted octanol–water partition coefficient (Wildman–Crippen LogP) is 6.03. The Hall–Kier alpha value is -4.02. The molecule has 3 N–H and O–H groups in total. The number of fused-ring (bicyclic) bond motifs is 1. The first kappa shape index (κ1) is 21.8. The minimum Gasteiger partial charge on any atom is -0.518 e. The first-order chi connectivity index (χ1) is 16.4. The number of aromatic hydroxyl groups is 1. The van der Waals surface area contributed by atoms with Crippen LogP contribution in [0.1, 0.15) is 12.8 Å². The van der Waals surface area contributed by atoms with Gasteiger partial charge in [0.2, 0.25) is 5.69 Å². The Morgan fingerprint density at radius 1 is 0.971 bits per heavy atom. The van der Waals surface area contributed by atoms with Crippen LogP contribution in [0.25, 0.3) is 38.0 Å². The number of piperidine rings is 1. The lowest BCUT2D eigenvalue weighted by atomic mass is 9.95. The molecule has 1 aliphatic rings. The van der Waals surface area contributed by atoms with Crippen LogP contribution in [0.3, 0.4) is 0 Å². The number of phenolic OH excluding ortho intramolecular Hbond substituents is 1. The highest BCUT2D eigenvalue weighted by atomic mass is 19.1. The maximum atomic E-state index is 14.1. The van der Waals surface area contributed by atoms with Crippen molar-refractivity contribution < 1.29 is 13.9 Å². The minimum atomic E-state index is -0.656. The first-order valence-corrected chi connectivity index (χ1v) is 11.0. The summed E-state index contributed by atoms with van der Waals surface area (Å²) in [6.45, 7) is 8.70. The van der Waals surface area contributed by atoms with Gasteiger partial charge in [0.05, 0.1) is 17.8 Å². The lowest BCUT2D eigenvalue weighted by Crippen LogP contribution is -2.40. The predicted molar refractivity (Wildman–Crippen MR) is 130 cm³/mol. The number of aromatic nitrogens is 1. The average molecular weight is 456 g/mol. The fraction of sp³-hybridized carbons (Fsp3) is 0.185. The molecule has 1 saturated heterocycles. The fourth-order valence-electron chi connectivity index (χ4n) is 4.58. The van der Waals surface area contributed by atoms with Crippen molar-refractivity contribution >= 4 is 22.3 Å². The maximum absolute atomic E-state index is 14.1. The zero-order valence-electron chi connectivity index (χ0n) is 18.3. The van der Waals surface area contributed by atoms with E-state index in [1.54, 1.807) is 24.4 Å². The van der Waals surface area contributed by atoms with Crippen molar-refractivity contribution in [3.05, 3.63) is 83.8 Å². The number of hydrogen-bond donors (Lipinski definition) is 2. The Kier molecular flexibility index (Phi) is 5.60. The zero-order valence-corrected chi connectivity index (χ0v) is 18.3. The van der Waals surface area contributed by atoms with E-state index in [1.165, 1.54) is 12.1 Å². The SMILES string of the molecule is [C-]#[N+]c1cccc(-c2ccc3ncc(-c4cc(F)cc(F)c4)c(N4CCC(N)CC4)c3c2)c1O. The van der Waals surface area contributed by atoms with Crippen LogP contribution in [0.15, 0.2) is 60.8 Å². The Balaban J connectivity index is 1.76. The largest absolute Gasteiger partial charge is 0.518 e. The van der Waals surface area contributed by atoms with Crippen LogP contribution in [0.4, 0.5) is 20.2 Å². The van der Waals surface area contributed by atoms with Gasteiger partial charge in [0.1, 0.15) is 17.4 Å². The van der Waals surface area contributed by atoms with Crippen LogP contribution in [0, 0.1) is 18.2 Å². The summed E-state index contributed by atoms with van der Waals surface area (Å²) < 4.78 is 28.2. The van der Waals surface area contributed by atoms with Crippen LogP contribution >= 0.6 is 0 Å². The highest BCUT2D eigenvalue weighted by molar-refractivity contribution is 6.02. The molecule has 0 spiro atoms. The first-order valence-electron chi connectivity index (χ1n) is 11.0. The van der Waals surface area contributed by atoms with Crippen molar-refractivity contribution in [3.63, 3.8) is 0 Å². The van der Waals surface area contributed by atoms with E-state index in [0.29, 0.717) is 29.8 Å². The molecule has 0 atom stereocenters. The smallest absolute Gasteiger partial charge is 0.228 e. The number of anilines is 1. The monoisotopic (exact) mass is 456 g/mol. The van der Waals surface area contributed by atoms with E-state index in [1.807, 2.05) is 18.2 Å². The van der Waals surface area contributed by atoms with Gasteiger partial charge in [-0.2, -0.15) is 0 Å². The number of para-hydroxylation sites is 1. The van der Waals surface area contributed by atoms with Gasteiger partial charge >= 0.3 is 0 Å². The molecule has 1 fully saturated rings. The Morgan fingerprint density at radius 3 is 2.41 bits per heavy atom. The number of halogens is 2. The molecular weight excluding hydrogens is 434 g/mol. The van der Waals surface area contributed by atoms with Crippen molar-refractivity contribution in [3.8, 4) is 28.0 Å². The summed E-state index contributed by atoms with van der Waals surface area (Å²) in [7, 11) is 0. The molecule has 7 heteroatoms. The van der Waals surface area contributed by atoms with Gasteiger partial charge in [0, 0.05) is 47.9 Å². The van der Waals surface area contributed by atoms with E-state index in [0.717, 1.165) is 41.1 Å². The van der Waals surface area contributed by atoms with Gasteiger partial charge in [0.15, 0.2) is 0 Å². The second-order valence-corrected chi connectivity index (χ2v) is 8.52. The molecule has 0 amide bonds. The molecule has 5 nitrogen and oxygen atoms in total. The van der Waals surface area contributed by atoms with Crippen molar-refractivity contribution in [2.45, 2.75) is 18.9 Å². The molecule has 170 valence electrons. The van der Waals surface area contributed by atoms with Crippen molar-refractivity contribution in [2.75, 3.05) is 18.0 Å². The standard InChI is InChI=1S/C27H22F2N4O/c1-31-25-4-2-3-21(27(25)34)16-5-6-24-22(13-16)26(33-9-7-20(30)8-10-33)23(15-32-24)17-11-18(28)14-19(29)12-17/h2-6,11-15,20,34H,7-10,30H2. The Morgan fingerprint density at radius 2 is 1.71 bits per heavy atom. The normalized spacial score (nSPS) is 14.4.